The molecular weight excluding hydrogens is 480 g/mol. The normalized spacial score (nSPS) is 11.3. The third kappa shape index (κ3) is 4.96. The molecule has 6 nitrogen and oxygen atoms in total. The summed E-state index contributed by atoms with van der Waals surface area (Å²) in [4.78, 5) is 30.4. The standard InChI is InChI=1S/C27H19ClN4O2S/c28-20-12-14-21(15-13-20)32-26(34)23-10-3-4-11-24(23)30-27(32)35-17-25(33)31-29-16-19-8-5-7-18-6-1-2-9-22(18)19/h1-16H,17H2,(H,31,33)/b29-16+. The molecule has 0 atom stereocenters. The summed E-state index contributed by atoms with van der Waals surface area (Å²) in [5.41, 5.74) is 4.44. The average molecular weight is 499 g/mol. The maximum atomic E-state index is 13.3. The molecule has 0 spiro atoms. The molecule has 1 heterocycles. The van der Waals surface area contributed by atoms with Crippen LogP contribution in [0.4, 0.5) is 0 Å². The van der Waals surface area contributed by atoms with Gasteiger partial charge < -0.3 is 0 Å². The fraction of sp³-hybridized carbons (Fsp3) is 0.0370. The fourth-order valence-electron chi connectivity index (χ4n) is 3.73. The molecule has 8 heteroatoms. The van der Waals surface area contributed by atoms with Crippen LogP contribution in [-0.2, 0) is 4.79 Å². The van der Waals surface area contributed by atoms with E-state index in [-0.39, 0.29) is 17.2 Å². The van der Waals surface area contributed by atoms with Crippen LogP contribution in [0.15, 0.2) is 106 Å². The Morgan fingerprint density at radius 1 is 0.943 bits per heavy atom. The summed E-state index contributed by atoms with van der Waals surface area (Å²) in [6, 6.07) is 27.9. The van der Waals surface area contributed by atoms with Crippen LogP contribution in [-0.4, -0.2) is 27.4 Å². The molecule has 0 radical (unpaired) electrons. The molecule has 0 saturated carbocycles. The predicted molar refractivity (Wildman–Crippen MR) is 143 cm³/mol. The Balaban J connectivity index is 1.37. The molecule has 35 heavy (non-hydrogen) atoms. The molecule has 0 bridgehead atoms. The van der Waals surface area contributed by atoms with Gasteiger partial charge in [-0.25, -0.2) is 10.4 Å². The minimum absolute atomic E-state index is 0.0330. The number of hydrogen-bond acceptors (Lipinski definition) is 5. The molecule has 0 aliphatic rings. The molecule has 0 aliphatic carbocycles. The number of hydrogen-bond donors (Lipinski definition) is 1. The minimum atomic E-state index is -0.309. The highest BCUT2D eigenvalue weighted by Gasteiger charge is 2.14. The van der Waals surface area contributed by atoms with Gasteiger partial charge in [0.05, 0.1) is 28.6 Å². The van der Waals surface area contributed by atoms with Crippen molar-refractivity contribution in [3.05, 3.63) is 112 Å². The summed E-state index contributed by atoms with van der Waals surface area (Å²) in [7, 11) is 0. The number of aromatic nitrogens is 2. The SMILES string of the molecule is O=C(CSc1nc2ccccc2c(=O)n1-c1ccc(Cl)cc1)N/N=C/c1cccc2ccccc12. The van der Waals surface area contributed by atoms with Crippen LogP contribution in [0.5, 0.6) is 0 Å². The monoisotopic (exact) mass is 498 g/mol. The third-order valence-corrected chi connectivity index (χ3v) is 6.57. The van der Waals surface area contributed by atoms with Crippen LogP contribution >= 0.6 is 23.4 Å². The molecule has 1 aromatic heterocycles. The van der Waals surface area contributed by atoms with Gasteiger partial charge in [-0.05, 0) is 47.2 Å². The van der Waals surface area contributed by atoms with E-state index in [1.807, 2.05) is 48.5 Å². The van der Waals surface area contributed by atoms with E-state index in [1.165, 1.54) is 4.57 Å². The Hall–Kier alpha value is -3.94. The van der Waals surface area contributed by atoms with Crippen molar-refractivity contribution >= 4 is 57.2 Å². The molecule has 0 aliphatic heterocycles. The van der Waals surface area contributed by atoms with Crippen LogP contribution in [0.3, 0.4) is 0 Å². The van der Waals surface area contributed by atoms with E-state index >= 15 is 0 Å². The number of benzene rings is 4. The van der Waals surface area contributed by atoms with Gasteiger partial charge in [-0.15, -0.1) is 0 Å². The Labute approximate surface area is 210 Å². The summed E-state index contributed by atoms with van der Waals surface area (Å²) in [5, 5.41) is 7.73. The number of halogens is 1. The van der Waals surface area contributed by atoms with Gasteiger partial charge in [-0.2, -0.15) is 5.10 Å². The first-order valence-corrected chi connectivity index (χ1v) is 12.2. The number of carbonyl (C=O) groups excluding carboxylic acids is 1. The van der Waals surface area contributed by atoms with Crippen LogP contribution < -0.4 is 11.0 Å². The van der Waals surface area contributed by atoms with Crippen molar-refractivity contribution in [2.24, 2.45) is 5.10 Å². The number of thioether (sulfide) groups is 1. The molecule has 1 amide bonds. The first-order valence-electron chi connectivity index (χ1n) is 10.8. The van der Waals surface area contributed by atoms with E-state index < -0.39 is 0 Å². The van der Waals surface area contributed by atoms with Crippen LogP contribution in [0.2, 0.25) is 5.02 Å². The first-order chi connectivity index (χ1) is 17.1. The van der Waals surface area contributed by atoms with Gasteiger partial charge in [0.2, 0.25) is 0 Å². The van der Waals surface area contributed by atoms with E-state index in [1.54, 1.807) is 48.7 Å². The molecule has 0 fully saturated rings. The van der Waals surface area contributed by atoms with E-state index in [0.717, 1.165) is 28.1 Å². The number of carbonyl (C=O) groups is 1. The molecule has 5 aromatic rings. The fourth-order valence-corrected chi connectivity index (χ4v) is 4.66. The molecule has 5 rings (SSSR count). The quantitative estimate of drug-likeness (QED) is 0.146. The number of para-hydroxylation sites is 1. The lowest BCUT2D eigenvalue weighted by Gasteiger charge is -2.13. The number of hydrazone groups is 1. The van der Waals surface area contributed by atoms with E-state index in [9.17, 15) is 9.59 Å². The van der Waals surface area contributed by atoms with Crippen molar-refractivity contribution in [3.63, 3.8) is 0 Å². The predicted octanol–water partition coefficient (Wildman–Crippen LogP) is 5.43. The van der Waals surface area contributed by atoms with Crippen molar-refractivity contribution in [2.75, 3.05) is 5.75 Å². The maximum absolute atomic E-state index is 13.3. The number of rotatable bonds is 6. The molecule has 1 N–H and O–H groups in total. The summed E-state index contributed by atoms with van der Waals surface area (Å²) in [6.45, 7) is 0. The van der Waals surface area contributed by atoms with E-state index in [4.69, 9.17) is 11.6 Å². The highest BCUT2D eigenvalue weighted by Crippen LogP contribution is 2.22. The Morgan fingerprint density at radius 2 is 1.66 bits per heavy atom. The van der Waals surface area contributed by atoms with Crippen LogP contribution in [0.1, 0.15) is 5.56 Å². The van der Waals surface area contributed by atoms with Gasteiger partial charge in [0.15, 0.2) is 5.16 Å². The van der Waals surface area contributed by atoms with Crippen LogP contribution in [0.25, 0.3) is 27.4 Å². The van der Waals surface area contributed by atoms with Crippen molar-refractivity contribution in [2.45, 2.75) is 5.16 Å². The zero-order chi connectivity index (χ0) is 24.2. The highest BCUT2D eigenvalue weighted by atomic mass is 35.5. The van der Waals surface area contributed by atoms with Gasteiger partial charge >= 0.3 is 0 Å². The Kier molecular flexibility index (Phi) is 6.61. The molecule has 0 unspecified atom stereocenters. The second-order valence-corrected chi connectivity index (χ2v) is 9.06. The average Bonchev–Trinajstić information content (AvgIpc) is 2.88. The lowest BCUT2D eigenvalue weighted by atomic mass is 10.1. The van der Waals surface area contributed by atoms with Crippen molar-refractivity contribution in [3.8, 4) is 5.69 Å². The molecule has 172 valence electrons. The highest BCUT2D eigenvalue weighted by molar-refractivity contribution is 7.99. The topological polar surface area (TPSA) is 76.3 Å². The number of fused-ring (bicyclic) bond motifs is 2. The number of nitrogens with one attached hydrogen (secondary N) is 1. The van der Waals surface area contributed by atoms with Crippen molar-refractivity contribution in [1.29, 1.82) is 0 Å². The third-order valence-electron chi connectivity index (χ3n) is 5.38. The molecule has 4 aromatic carbocycles. The Morgan fingerprint density at radius 3 is 2.49 bits per heavy atom. The van der Waals surface area contributed by atoms with E-state index in [0.29, 0.717) is 26.8 Å². The van der Waals surface area contributed by atoms with Crippen LogP contribution in [0, 0.1) is 0 Å². The van der Waals surface area contributed by atoms with Crippen molar-refractivity contribution < 1.29 is 4.79 Å². The largest absolute Gasteiger partial charge is 0.272 e. The summed E-state index contributed by atoms with van der Waals surface area (Å²) in [5.74, 6) is -0.276. The molecule has 0 saturated heterocycles. The molecular formula is C27H19ClN4O2S. The summed E-state index contributed by atoms with van der Waals surface area (Å²) >= 11 is 7.19. The summed E-state index contributed by atoms with van der Waals surface area (Å²) < 4.78 is 1.50. The smallest absolute Gasteiger partial charge is 0.266 e. The minimum Gasteiger partial charge on any atom is -0.272 e. The zero-order valence-corrected chi connectivity index (χ0v) is 20.0. The van der Waals surface area contributed by atoms with Gasteiger partial charge in [-0.1, -0.05) is 78.0 Å². The number of nitrogens with zero attached hydrogens (tertiary/aromatic N) is 3. The lowest BCUT2D eigenvalue weighted by Crippen LogP contribution is -2.24. The lowest BCUT2D eigenvalue weighted by molar-refractivity contribution is -0.118. The van der Waals surface area contributed by atoms with Crippen molar-refractivity contribution in [1.82, 2.24) is 15.0 Å². The van der Waals surface area contributed by atoms with Gasteiger partial charge in [0.1, 0.15) is 0 Å². The second kappa shape index (κ2) is 10.1. The zero-order valence-electron chi connectivity index (χ0n) is 18.4. The second-order valence-electron chi connectivity index (χ2n) is 7.68. The summed E-state index contributed by atoms with van der Waals surface area (Å²) in [6.07, 6.45) is 1.63. The number of amides is 1. The first kappa shape index (κ1) is 22.8. The van der Waals surface area contributed by atoms with Gasteiger partial charge in [-0.3, -0.25) is 14.2 Å². The van der Waals surface area contributed by atoms with Gasteiger partial charge in [0, 0.05) is 10.6 Å². The Bertz CT molecular complexity index is 1630. The van der Waals surface area contributed by atoms with E-state index in [2.05, 4.69) is 15.5 Å². The maximum Gasteiger partial charge on any atom is 0.266 e. The van der Waals surface area contributed by atoms with Gasteiger partial charge in [0.25, 0.3) is 11.5 Å².